The van der Waals surface area contributed by atoms with Crippen molar-refractivity contribution in [2.45, 2.75) is 38.5 Å². The van der Waals surface area contributed by atoms with E-state index in [0.717, 1.165) is 12.0 Å². The zero-order chi connectivity index (χ0) is 20.5. The van der Waals surface area contributed by atoms with Gasteiger partial charge in [0.05, 0.1) is 11.1 Å². The predicted octanol–water partition coefficient (Wildman–Crippen LogP) is 4.80. The number of carbonyl (C=O) groups is 1. The number of rotatable bonds is 5. The van der Waals surface area contributed by atoms with Crippen LogP contribution in [-0.2, 0) is 10.2 Å². The van der Waals surface area contributed by atoms with Crippen molar-refractivity contribution in [3.8, 4) is 0 Å². The molecule has 1 aliphatic rings. The molecule has 2 atom stereocenters. The third kappa shape index (κ3) is 4.57. The summed E-state index contributed by atoms with van der Waals surface area (Å²) in [5.41, 5.74) is 5.33. The van der Waals surface area contributed by atoms with E-state index in [4.69, 9.17) is 11.6 Å². The highest BCUT2D eigenvalue weighted by atomic mass is 35.5. The van der Waals surface area contributed by atoms with Gasteiger partial charge in [-0.25, -0.2) is 5.43 Å². The lowest BCUT2D eigenvalue weighted by molar-refractivity contribution is -0.384. The number of hydrazone groups is 1. The lowest BCUT2D eigenvalue weighted by Gasteiger charge is -2.19. The summed E-state index contributed by atoms with van der Waals surface area (Å²) in [5, 5.41) is 14.9. The quantitative estimate of drug-likeness (QED) is 0.445. The summed E-state index contributed by atoms with van der Waals surface area (Å²) in [6, 6.07) is 12.8. The Balaban J connectivity index is 1.57. The van der Waals surface area contributed by atoms with Gasteiger partial charge in [0.25, 0.3) is 5.69 Å². The highest BCUT2D eigenvalue weighted by molar-refractivity contribution is 6.32. The van der Waals surface area contributed by atoms with Gasteiger partial charge in [-0.1, -0.05) is 62.7 Å². The molecular formula is C21H22ClN3O3. The number of benzene rings is 2. The van der Waals surface area contributed by atoms with Crippen molar-refractivity contribution in [2.24, 2.45) is 11.0 Å². The first-order valence-electron chi connectivity index (χ1n) is 9.04. The normalized spacial score (nSPS) is 18.9. The van der Waals surface area contributed by atoms with E-state index in [9.17, 15) is 14.9 Å². The van der Waals surface area contributed by atoms with E-state index >= 15 is 0 Å². The molecule has 1 saturated carbocycles. The van der Waals surface area contributed by atoms with Gasteiger partial charge in [-0.2, -0.15) is 5.10 Å². The van der Waals surface area contributed by atoms with Crippen molar-refractivity contribution in [1.29, 1.82) is 0 Å². The van der Waals surface area contributed by atoms with Crippen molar-refractivity contribution in [3.05, 3.63) is 74.3 Å². The summed E-state index contributed by atoms with van der Waals surface area (Å²) in [6.07, 6.45) is 2.17. The average molecular weight is 400 g/mol. The zero-order valence-corrected chi connectivity index (χ0v) is 16.7. The van der Waals surface area contributed by atoms with Gasteiger partial charge < -0.3 is 0 Å². The van der Waals surface area contributed by atoms with Crippen molar-refractivity contribution >= 4 is 29.4 Å². The first-order chi connectivity index (χ1) is 13.2. The maximum Gasteiger partial charge on any atom is 0.288 e. The van der Waals surface area contributed by atoms with Crippen LogP contribution in [0.5, 0.6) is 0 Å². The third-order valence-corrected chi connectivity index (χ3v) is 5.21. The number of halogens is 1. The molecule has 0 aromatic heterocycles. The van der Waals surface area contributed by atoms with E-state index in [0.29, 0.717) is 5.56 Å². The summed E-state index contributed by atoms with van der Waals surface area (Å²) in [6.45, 7) is 6.51. The van der Waals surface area contributed by atoms with Crippen molar-refractivity contribution in [1.82, 2.24) is 5.43 Å². The van der Waals surface area contributed by atoms with E-state index in [1.165, 1.54) is 23.9 Å². The van der Waals surface area contributed by atoms with Crippen LogP contribution in [0.3, 0.4) is 0 Å². The fraction of sp³-hybridized carbons (Fsp3) is 0.333. The summed E-state index contributed by atoms with van der Waals surface area (Å²) in [7, 11) is 0. The van der Waals surface area contributed by atoms with Crippen LogP contribution in [0.25, 0.3) is 0 Å². The molecular weight excluding hydrogens is 378 g/mol. The molecule has 3 rings (SSSR count). The molecule has 0 radical (unpaired) electrons. The van der Waals surface area contributed by atoms with Crippen LogP contribution in [0.1, 0.15) is 49.8 Å². The van der Waals surface area contributed by atoms with E-state index < -0.39 is 4.92 Å². The van der Waals surface area contributed by atoms with Gasteiger partial charge in [0.1, 0.15) is 5.02 Å². The molecule has 146 valence electrons. The molecule has 0 bridgehead atoms. The highest BCUT2D eigenvalue weighted by Gasteiger charge is 2.44. The highest BCUT2D eigenvalue weighted by Crippen LogP contribution is 2.47. The molecule has 28 heavy (non-hydrogen) atoms. The number of nitro groups is 1. The first-order valence-corrected chi connectivity index (χ1v) is 9.42. The number of carbonyl (C=O) groups excluding carboxylic acids is 1. The minimum atomic E-state index is -0.558. The summed E-state index contributed by atoms with van der Waals surface area (Å²) in [4.78, 5) is 22.6. The smallest absolute Gasteiger partial charge is 0.273 e. The van der Waals surface area contributed by atoms with Crippen LogP contribution in [-0.4, -0.2) is 17.0 Å². The van der Waals surface area contributed by atoms with Gasteiger partial charge in [-0.05, 0) is 34.9 Å². The van der Waals surface area contributed by atoms with Gasteiger partial charge in [-0.3, -0.25) is 14.9 Å². The molecule has 0 heterocycles. The third-order valence-electron chi connectivity index (χ3n) is 4.89. The molecule has 1 aliphatic carbocycles. The second-order valence-corrected chi connectivity index (χ2v) is 8.43. The maximum atomic E-state index is 12.3. The second-order valence-electron chi connectivity index (χ2n) is 8.02. The number of nitrogens with zero attached hydrogens (tertiary/aromatic N) is 2. The van der Waals surface area contributed by atoms with Crippen LogP contribution in [0.15, 0.2) is 47.6 Å². The molecule has 1 fully saturated rings. The van der Waals surface area contributed by atoms with E-state index in [1.807, 2.05) is 0 Å². The second kappa shape index (κ2) is 7.72. The van der Waals surface area contributed by atoms with Crippen molar-refractivity contribution in [3.63, 3.8) is 0 Å². The van der Waals surface area contributed by atoms with Crippen molar-refractivity contribution < 1.29 is 9.72 Å². The Bertz CT molecular complexity index is 933. The molecule has 0 saturated heterocycles. The van der Waals surface area contributed by atoms with Gasteiger partial charge in [0.2, 0.25) is 5.91 Å². The standard InChI is InChI=1S/C21H22ClN3O3/c1-21(2,3)15-7-5-14(6-8-15)16-11-17(16)20(26)24-23-12-13-4-9-18(22)19(10-13)25(27)28/h4-10,12,16-17H,11H2,1-3H3,(H,24,26)/b23-12+. The Hall–Kier alpha value is -2.73. The SMILES string of the molecule is CC(C)(C)c1ccc(C2CC2C(=O)N/N=C/c2ccc(Cl)c([N+](=O)[O-])c2)cc1. The molecule has 2 aromatic rings. The van der Waals surface area contributed by atoms with E-state index in [-0.39, 0.29) is 33.9 Å². The van der Waals surface area contributed by atoms with Crippen LogP contribution in [0.2, 0.25) is 5.02 Å². The Morgan fingerprint density at radius 3 is 2.54 bits per heavy atom. The summed E-state index contributed by atoms with van der Waals surface area (Å²) < 4.78 is 0. The Kier molecular flexibility index (Phi) is 5.52. The van der Waals surface area contributed by atoms with Crippen LogP contribution >= 0.6 is 11.6 Å². The monoisotopic (exact) mass is 399 g/mol. The molecule has 7 heteroatoms. The molecule has 1 amide bonds. The van der Waals surface area contributed by atoms with Gasteiger partial charge in [0.15, 0.2) is 0 Å². The van der Waals surface area contributed by atoms with Crippen LogP contribution < -0.4 is 5.43 Å². The zero-order valence-electron chi connectivity index (χ0n) is 16.0. The van der Waals surface area contributed by atoms with E-state index in [1.54, 1.807) is 6.07 Å². The van der Waals surface area contributed by atoms with Crippen LogP contribution in [0.4, 0.5) is 5.69 Å². The minimum absolute atomic E-state index is 0.0597. The van der Waals surface area contributed by atoms with Gasteiger partial charge in [-0.15, -0.1) is 0 Å². The lowest BCUT2D eigenvalue weighted by Crippen LogP contribution is -2.20. The topological polar surface area (TPSA) is 84.6 Å². The van der Waals surface area contributed by atoms with Crippen molar-refractivity contribution in [2.75, 3.05) is 0 Å². The average Bonchev–Trinajstić information content (AvgIpc) is 3.43. The number of nitrogens with one attached hydrogen (secondary N) is 1. The number of nitro benzene ring substituents is 1. The molecule has 0 aliphatic heterocycles. The number of amides is 1. The summed E-state index contributed by atoms with van der Waals surface area (Å²) >= 11 is 5.78. The number of hydrogen-bond acceptors (Lipinski definition) is 4. The Morgan fingerprint density at radius 1 is 1.25 bits per heavy atom. The molecule has 1 N–H and O–H groups in total. The van der Waals surface area contributed by atoms with Gasteiger partial charge in [0, 0.05) is 17.5 Å². The van der Waals surface area contributed by atoms with Crippen LogP contribution in [0, 0.1) is 16.0 Å². The molecule has 6 nitrogen and oxygen atoms in total. The minimum Gasteiger partial charge on any atom is -0.273 e. The Labute approximate surface area is 168 Å². The molecule has 2 unspecified atom stereocenters. The Morgan fingerprint density at radius 2 is 1.93 bits per heavy atom. The van der Waals surface area contributed by atoms with E-state index in [2.05, 4.69) is 55.6 Å². The molecule has 2 aromatic carbocycles. The first kappa shape index (κ1) is 20.0. The summed E-state index contributed by atoms with van der Waals surface area (Å²) in [5.74, 6) is -0.0392. The maximum absolute atomic E-state index is 12.3. The molecule has 0 spiro atoms. The number of hydrogen-bond donors (Lipinski definition) is 1. The largest absolute Gasteiger partial charge is 0.288 e. The predicted molar refractivity (Wildman–Crippen MR) is 110 cm³/mol. The lowest BCUT2D eigenvalue weighted by atomic mass is 9.86. The fourth-order valence-corrected chi connectivity index (χ4v) is 3.27. The fourth-order valence-electron chi connectivity index (χ4n) is 3.09. The van der Waals surface area contributed by atoms with Gasteiger partial charge >= 0.3 is 0 Å².